The molecule has 0 aliphatic carbocycles. The van der Waals surface area contributed by atoms with E-state index in [1.165, 1.54) is 0 Å². The summed E-state index contributed by atoms with van der Waals surface area (Å²) in [6.45, 7) is 3.02. The molecule has 0 aromatic carbocycles. The summed E-state index contributed by atoms with van der Waals surface area (Å²) in [4.78, 5) is 10.7. The van der Waals surface area contributed by atoms with Crippen LogP contribution in [0.4, 0.5) is 48.3 Å². The van der Waals surface area contributed by atoms with E-state index in [2.05, 4.69) is 11.3 Å². The van der Waals surface area contributed by atoms with Gasteiger partial charge in [0.1, 0.15) is 0 Å². The molecule has 0 spiro atoms. The van der Waals surface area contributed by atoms with Crippen molar-refractivity contribution in [3.8, 4) is 0 Å². The standard InChI is InChI=1S/C9H5F11O2/c1-3(2)4(21)22-6(11,9(18,19)20)5(10,7(12,13)14)8(15,16)17/h1H2,2H3. The van der Waals surface area contributed by atoms with E-state index in [-0.39, 0.29) is 0 Å². The van der Waals surface area contributed by atoms with Crippen LogP contribution in [0.3, 0.4) is 0 Å². The zero-order chi connectivity index (χ0) is 18.4. The molecule has 0 amide bonds. The molecule has 13 heteroatoms. The van der Waals surface area contributed by atoms with Gasteiger partial charge in [-0.25, -0.2) is 9.18 Å². The molecule has 0 fully saturated rings. The first-order valence-corrected chi connectivity index (χ1v) is 4.79. The molecule has 1 atom stereocenters. The lowest BCUT2D eigenvalue weighted by Crippen LogP contribution is -2.72. The Bertz CT molecular complexity index is 444. The minimum Gasteiger partial charge on any atom is -0.413 e. The van der Waals surface area contributed by atoms with Crippen molar-refractivity contribution in [1.29, 1.82) is 0 Å². The summed E-state index contributed by atoms with van der Waals surface area (Å²) in [6.07, 6.45) is -22.1. The smallest absolute Gasteiger partial charge is 0.413 e. The number of carbonyl (C=O) groups excluding carboxylic acids is 1. The fourth-order valence-electron chi connectivity index (χ4n) is 1.06. The number of carbonyl (C=O) groups is 1. The van der Waals surface area contributed by atoms with E-state index >= 15 is 0 Å². The lowest BCUT2D eigenvalue weighted by atomic mass is 9.93. The first kappa shape index (κ1) is 20.4. The van der Waals surface area contributed by atoms with Crippen LogP contribution in [0.1, 0.15) is 6.92 Å². The second kappa shape index (κ2) is 5.26. The maximum Gasteiger partial charge on any atom is 0.464 e. The summed E-state index contributed by atoms with van der Waals surface area (Å²) in [5.41, 5.74) is -8.74. The van der Waals surface area contributed by atoms with Crippen molar-refractivity contribution in [2.24, 2.45) is 0 Å². The van der Waals surface area contributed by atoms with Gasteiger partial charge in [0.25, 0.3) is 0 Å². The van der Waals surface area contributed by atoms with Gasteiger partial charge >= 0.3 is 36.0 Å². The molecular formula is C9H5F11O2. The molecule has 0 saturated heterocycles. The maximum atomic E-state index is 13.5. The molecule has 22 heavy (non-hydrogen) atoms. The van der Waals surface area contributed by atoms with Crippen molar-refractivity contribution < 1.29 is 57.8 Å². The Hall–Kier alpha value is -1.56. The Morgan fingerprint density at radius 3 is 1.27 bits per heavy atom. The van der Waals surface area contributed by atoms with E-state index in [1.54, 1.807) is 0 Å². The van der Waals surface area contributed by atoms with Crippen LogP contribution >= 0.6 is 0 Å². The van der Waals surface area contributed by atoms with Gasteiger partial charge < -0.3 is 4.74 Å². The fraction of sp³-hybridized carbons (Fsp3) is 0.667. The molecule has 0 radical (unpaired) electrons. The van der Waals surface area contributed by atoms with E-state index in [0.717, 1.165) is 0 Å². The van der Waals surface area contributed by atoms with Gasteiger partial charge in [0.05, 0.1) is 0 Å². The van der Waals surface area contributed by atoms with Gasteiger partial charge in [-0.05, 0) is 6.92 Å². The van der Waals surface area contributed by atoms with Crippen molar-refractivity contribution >= 4 is 5.97 Å². The topological polar surface area (TPSA) is 26.3 Å². The van der Waals surface area contributed by atoms with Crippen molar-refractivity contribution in [2.45, 2.75) is 37.0 Å². The Morgan fingerprint density at radius 1 is 0.773 bits per heavy atom. The summed E-state index contributed by atoms with van der Waals surface area (Å²) in [6, 6.07) is 0. The Labute approximate surface area is 114 Å². The number of hydrogen-bond donors (Lipinski definition) is 0. The third kappa shape index (κ3) is 2.97. The number of hydrogen-bond acceptors (Lipinski definition) is 2. The maximum absolute atomic E-state index is 13.5. The van der Waals surface area contributed by atoms with Crippen LogP contribution in [-0.4, -0.2) is 36.0 Å². The quantitative estimate of drug-likeness (QED) is 0.432. The van der Waals surface area contributed by atoms with E-state index in [9.17, 15) is 53.1 Å². The first-order valence-electron chi connectivity index (χ1n) is 4.79. The van der Waals surface area contributed by atoms with Gasteiger partial charge in [0, 0.05) is 5.57 Å². The molecular weight excluding hydrogens is 349 g/mol. The molecule has 0 heterocycles. The fourth-order valence-corrected chi connectivity index (χ4v) is 1.06. The molecule has 0 aliphatic heterocycles. The normalized spacial score (nSPS) is 16.9. The number of alkyl halides is 11. The van der Waals surface area contributed by atoms with Gasteiger partial charge in [-0.3, -0.25) is 0 Å². The summed E-state index contributed by atoms with van der Waals surface area (Å²) < 4.78 is 140. The molecule has 0 N–H and O–H groups in total. The molecule has 0 aliphatic rings. The molecule has 0 rings (SSSR count). The number of halogens is 11. The summed E-state index contributed by atoms with van der Waals surface area (Å²) >= 11 is 0. The van der Waals surface area contributed by atoms with Gasteiger partial charge in [-0.2, -0.15) is 43.9 Å². The number of esters is 1. The van der Waals surface area contributed by atoms with Gasteiger partial charge in [-0.1, -0.05) is 6.58 Å². The average Bonchev–Trinajstić information content (AvgIpc) is 2.22. The third-order valence-corrected chi connectivity index (χ3v) is 2.17. The van der Waals surface area contributed by atoms with E-state index in [0.29, 0.717) is 6.92 Å². The van der Waals surface area contributed by atoms with Crippen molar-refractivity contribution in [2.75, 3.05) is 0 Å². The minimum absolute atomic E-state index is 0.486. The van der Waals surface area contributed by atoms with Crippen LogP contribution in [-0.2, 0) is 9.53 Å². The van der Waals surface area contributed by atoms with Crippen LogP contribution < -0.4 is 0 Å². The minimum atomic E-state index is -7.55. The highest BCUT2D eigenvalue weighted by atomic mass is 19.4. The SMILES string of the molecule is C=C(C)C(=O)OC(F)(C(F)(F)F)C(F)(C(F)(F)F)C(F)(F)F. The number of ether oxygens (including phenoxy) is 1. The molecule has 130 valence electrons. The highest BCUT2D eigenvalue weighted by Gasteiger charge is 2.92. The average molecular weight is 354 g/mol. The lowest BCUT2D eigenvalue weighted by Gasteiger charge is -2.40. The molecule has 0 saturated carbocycles. The highest BCUT2D eigenvalue weighted by molar-refractivity contribution is 5.87. The van der Waals surface area contributed by atoms with E-state index in [4.69, 9.17) is 0 Å². The number of rotatable bonds is 3. The van der Waals surface area contributed by atoms with Crippen molar-refractivity contribution in [3.05, 3.63) is 12.2 Å². The largest absolute Gasteiger partial charge is 0.464 e. The van der Waals surface area contributed by atoms with Crippen LogP contribution in [0.2, 0.25) is 0 Å². The second-order valence-corrected chi connectivity index (χ2v) is 3.92. The predicted octanol–water partition coefficient (Wildman–Crippen LogP) is 4.17. The van der Waals surface area contributed by atoms with Crippen molar-refractivity contribution in [1.82, 2.24) is 0 Å². The molecule has 0 bridgehead atoms. The highest BCUT2D eigenvalue weighted by Crippen LogP contribution is 2.59. The zero-order valence-corrected chi connectivity index (χ0v) is 10.2. The first-order chi connectivity index (χ1) is 9.33. The van der Waals surface area contributed by atoms with Crippen LogP contribution in [0.25, 0.3) is 0 Å². The lowest BCUT2D eigenvalue weighted by molar-refractivity contribution is -0.460. The monoisotopic (exact) mass is 354 g/mol. The predicted molar refractivity (Wildman–Crippen MR) is 46.7 cm³/mol. The molecule has 0 aromatic heterocycles. The summed E-state index contributed by atoms with van der Waals surface area (Å²) in [7, 11) is 0. The van der Waals surface area contributed by atoms with Crippen molar-refractivity contribution in [3.63, 3.8) is 0 Å². The van der Waals surface area contributed by atoms with Crippen LogP contribution in [0, 0.1) is 0 Å². The van der Waals surface area contributed by atoms with Gasteiger partial charge in [0.2, 0.25) is 0 Å². The summed E-state index contributed by atoms with van der Waals surface area (Å²) in [5.74, 6) is -9.71. The molecule has 0 aromatic rings. The van der Waals surface area contributed by atoms with Crippen LogP contribution in [0.15, 0.2) is 12.2 Å². The van der Waals surface area contributed by atoms with Crippen LogP contribution in [0.5, 0.6) is 0 Å². The van der Waals surface area contributed by atoms with E-state index in [1.807, 2.05) is 0 Å². The zero-order valence-electron chi connectivity index (χ0n) is 10.2. The third-order valence-electron chi connectivity index (χ3n) is 2.17. The van der Waals surface area contributed by atoms with Gasteiger partial charge in [0.15, 0.2) is 0 Å². The Morgan fingerprint density at radius 2 is 1.09 bits per heavy atom. The summed E-state index contributed by atoms with van der Waals surface area (Å²) in [5, 5.41) is 0. The Balaban J connectivity index is 6.51. The molecule has 2 nitrogen and oxygen atoms in total. The second-order valence-electron chi connectivity index (χ2n) is 3.92. The van der Waals surface area contributed by atoms with Gasteiger partial charge in [-0.15, -0.1) is 0 Å². The van der Waals surface area contributed by atoms with E-state index < -0.39 is 41.6 Å². The Kier molecular flexibility index (Phi) is 4.89. The molecule has 1 unspecified atom stereocenters.